The molecule has 2 aromatic carbocycles. The van der Waals surface area contributed by atoms with Gasteiger partial charge in [0.1, 0.15) is 11.5 Å². The number of anilines is 1. The van der Waals surface area contributed by atoms with Crippen molar-refractivity contribution < 1.29 is 9.18 Å². The quantitative estimate of drug-likeness (QED) is 0.773. The first kappa shape index (κ1) is 17.3. The fourth-order valence-electron chi connectivity index (χ4n) is 3.44. The summed E-state index contributed by atoms with van der Waals surface area (Å²) in [5, 5.41) is 7.08. The van der Waals surface area contributed by atoms with Crippen LogP contribution in [0.2, 0.25) is 0 Å². The Morgan fingerprint density at radius 1 is 1.19 bits per heavy atom. The number of aryl methyl sites for hydroxylation is 1. The highest BCUT2D eigenvalue weighted by Gasteiger charge is 2.15. The van der Waals surface area contributed by atoms with Gasteiger partial charge in [-0.25, -0.2) is 9.07 Å². The zero-order valence-corrected chi connectivity index (χ0v) is 15.2. The van der Waals surface area contributed by atoms with Crippen molar-refractivity contribution in [3.63, 3.8) is 0 Å². The van der Waals surface area contributed by atoms with Gasteiger partial charge in [-0.15, -0.1) is 0 Å². The Kier molecular flexibility index (Phi) is 4.62. The molecule has 0 aliphatic carbocycles. The molecule has 1 aliphatic heterocycles. The zero-order chi connectivity index (χ0) is 18.8. The lowest BCUT2D eigenvalue weighted by Gasteiger charge is -2.27. The fraction of sp³-hybridized carbons (Fsp3) is 0.238. The summed E-state index contributed by atoms with van der Waals surface area (Å²) >= 11 is 0. The molecule has 4 rings (SSSR count). The molecule has 2 heterocycles. The molecule has 5 nitrogen and oxygen atoms in total. The molecule has 0 fully saturated rings. The van der Waals surface area contributed by atoms with E-state index in [1.165, 1.54) is 22.0 Å². The molecule has 1 amide bonds. The molecule has 0 saturated heterocycles. The molecule has 27 heavy (non-hydrogen) atoms. The molecule has 0 spiro atoms. The predicted molar refractivity (Wildman–Crippen MR) is 103 cm³/mol. The van der Waals surface area contributed by atoms with E-state index in [-0.39, 0.29) is 17.4 Å². The van der Waals surface area contributed by atoms with E-state index < -0.39 is 0 Å². The van der Waals surface area contributed by atoms with Crippen molar-refractivity contribution in [2.24, 2.45) is 0 Å². The lowest BCUT2D eigenvalue weighted by Crippen LogP contribution is -2.26. The number of aromatic nitrogens is 2. The monoisotopic (exact) mass is 364 g/mol. The number of halogens is 1. The van der Waals surface area contributed by atoms with Gasteiger partial charge in [0.05, 0.1) is 0 Å². The fourth-order valence-corrected chi connectivity index (χ4v) is 3.44. The van der Waals surface area contributed by atoms with Crippen molar-refractivity contribution in [2.45, 2.75) is 19.4 Å². The average molecular weight is 364 g/mol. The van der Waals surface area contributed by atoms with Crippen molar-refractivity contribution >= 4 is 11.6 Å². The molecule has 1 aromatic heterocycles. The second-order valence-electron chi connectivity index (χ2n) is 6.77. The van der Waals surface area contributed by atoms with E-state index in [0.717, 1.165) is 24.9 Å². The number of para-hydroxylation sites is 1. The van der Waals surface area contributed by atoms with E-state index in [1.54, 1.807) is 30.5 Å². The number of carbonyl (C=O) groups excluding carboxylic acids is 1. The molecule has 0 unspecified atom stereocenters. The Balaban J connectivity index is 1.44. The Bertz CT molecular complexity index is 982. The molecule has 1 N–H and O–H groups in total. The van der Waals surface area contributed by atoms with E-state index in [4.69, 9.17) is 0 Å². The SMILES string of the molecule is CN1CCCc2cc(CNC(=O)c3ccn(-c4ccccc4F)n3)ccc21. The molecule has 0 bridgehead atoms. The van der Waals surface area contributed by atoms with Crippen molar-refractivity contribution in [1.82, 2.24) is 15.1 Å². The molecule has 6 heteroatoms. The molecular formula is C21H21FN4O. The normalized spacial score (nSPS) is 13.3. The second kappa shape index (κ2) is 7.23. The van der Waals surface area contributed by atoms with Crippen LogP contribution in [0.3, 0.4) is 0 Å². The van der Waals surface area contributed by atoms with Crippen LogP contribution in [0.25, 0.3) is 5.69 Å². The van der Waals surface area contributed by atoms with Crippen LogP contribution in [0.5, 0.6) is 0 Å². The van der Waals surface area contributed by atoms with Crippen LogP contribution in [-0.4, -0.2) is 29.3 Å². The number of nitrogens with zero attached hydrogens (tertiary/aromatic N) is 3. The summed E-state index contributed by atoms with van der Waals surface area (Å²) in [7, 11) is 2.10. The van der Waals surface area contributed by atoms with Gasteiger partial charge in [0.2, 0.25) is 0 Å². The number of nitrogens with one attached hydrogen (secondary N) is 1. The summed E-state index contributed by atoms with van der Waals surface area (Å²) in [4.78, 5) is 14.7. The first-order chi connectivity index (χ1) is 13.1. The second-order valence-corrected chi connectivity index (χ2v) is 6.77. The summed E-state index contributed by atoms with van der Waals surface area (Å²) in [6, 6.07) is 14.2. The molecule has 0 saturated carbocycles. The lowest BCUT2D eigenvalue weighted by atomic mass is 9.99. The van der Waals surface area contributed by atoms with Crippen molar-refractivity contribution in [2.75, 3.05) is 18.5 Å². The third-order valence-electron chi connectivity index (χ3n) is 4.87. The van der Waals surface area contributed by atoms with Crippen molar-refractivity contribution in [1.29, 1.82) is 0 Å². The number of hydrogen-bond acceptors (Lipinski definition) is 3. The number of amides is 1. The van der Waals surface area contributed by atoms with E-state index in [0.29, 0.717) is 12.2 Å². The molecular weight excluding hydrogens is 343 g/mol. The highest BCUT2D eigenvalue weighted by atomic mass is 19.1. The number of carbonyl (C=O) groups is 1. The molecule has 0 radical (unpaired) electrons. The predicted octanol–water partition coefficient (Wildman–Crippen LogP) is 3.32. The Hall–Kier alpha value is -3.15. The minimum Gasteiger partial charge on any atom is -0.374 e. The summed E-state index contributed by atoms with van der Waals surface area (Å²) in [6.45, 7) is 1.51. The van der Waals surface area contributed by atoms with Gasteiger partial charge in [0.25, 0.3) is 5.91 Å². The first-order valence-electron chi connectivity index (χ1n) is 9.03. The van der Waals surface area contributed by atoms with Gasteiger partial charge in [-0.3, -0.25) is 4.79 Å². The summed E-state index contributed by atoms with van der Waals surface area (Å²) in [5.41, 5.74) is 4.22. The largest absolute Gasteiger partial charge is 0.374 e. The van der Waals surface area contributed by atoms with E-state index in [2.05, 4.69) is 34.5 Å². The molecule has 1 aliphatic rings. The summed E-state index contributed by atoms with van der Waals surface area (Å²) < 4.78 is 15.2. The Labute approximate surface area is 157 Å². The van der Waals surface area contributed by atoms with Gasteiger partial charge in [0, 0.05) is 32.0 Å². The summed E-state index contributed by atoms with van der Waals surface area (Å²) in [5.74, 6) is -0.661. The maximum atomic E-state index is 13.9. The zero-order valence-electron chi connectivity index (χ0n) is 15.2. The Morgan fingerprint density at radius 2 is 2.04 bits per heavy atom. The smallest absolute Gasteiger partial charge is 0.272 e. The number of fused-ring (bicyclic) bond motifs is 1. The van der Waals surface area contributed by atoms with Gasteiger partial charge in [0.15, 0.2) is 5.69 Å². The average Bonchev–Trinajstić information content (AvgIpc) is 3.16. The van der Waals surface area contributed by atoms with Gasteiger partial charge < -0.3 is 10.2 Å². The molecule has 138 valence electrons. The maximum Gasteiger partial charge on any atom is 0.272 e. The molecule has 3 aromatic rings. The van der Waals surface area contributed by atoms with Crippen LogP contribution in [0.15, 0.2) is 54.7 Å². The van der Waals surface area contributed by atoms with Gasteiger partial charge in [-0.2, -0.15) is 5.10 Å². The van der Waals surface area contributed by atoms with E-state index >= 15 is 0 Å². The number of hydrogen-bond donors (Lipinski definition) is 1. The van der Waals surface area contributed by atoms with Crippen LogP contribution in [-0.2, 0) is 13.0 Å². The highest BCUT2D eigenvalue weighted by molar-refractivity contribution is 5.92. The van der Waals surface area contributed by atoms with E-state index in [9.17, 15) is 9.18 Å². The van der Waals surface area contributed by atoms with Crippen molar-refractivity contribution in [3.8, 4) is 5.69 Å². The highest BCUT2D eigenvalue weighted by Crippen LogP contribution is 2.26. The lowest BCUT2D eigenvalue weighted by molar-refractivity contribution is 0.0945. The summed E-state index contributed by atoms with van der Waals surface area (Å²) in [6.07, 6.45) is 3.79. The van der Waals surface area contributed by atoms with Crippen LogP contribution in [0.1, 0.15) is 28.0 Å². The van der Waals surface area contributed by atoms with Crippen molar-refractivity contribution in [3.05, 3.63) is 77.4 Å². The van der Waals surface area contributed by atoms with E-state index in [1.807, 2.05) is 6.07 Å². The Morgan fingerprint density at radius 3 is 2.89 bits per heavy atom. The maximum absolute atomic E-state index is 13.9. The van der Waals surface area contributed by atoms with Gasteiger partial charge in [-0.05, 0) is 48.2 Å². The standard InChI is InChI=1S/C21H21FN4O/c1-25-11-4-5-16-13-15(8-9-19(16)25)14-23-21(27)18-10-12-26(24-18)20-7-3-2-6-17(20)22/h2-3,6-10,12-13H,4-5,11,14H2,1H3,(H,23,27). The van der Waals surface area contributed by atoms with Crippen LogP contribution in [0.4, 0.5) is 10.1 Å². The topological polar surface area (TPSA) is 50.2 Å². The third kappa shape index (κ3) is 3.56. The van der Waals surface area contributed by atoms with Gasteiger partial charge in [-0.1, -0.05) is 24.3 Å². The molecule has 0 atom stereocenters. The first-order valence-corrected chi connectivity index (χ1v) is 9.03. The number of rotatable bonds is 4. The third-order valence-corrected chi connectivity index (χ3v) is 4.87. The van der Waals surface area contributed by atoms with Crippen LogP contribution >= 0.6 is 0 Å². The van der Waals surface area contributed by atoms with Gasteiger partial charge >= 0.3 is 0 Å². The van der Waals surface area contributed by atoms with Crippen LogP contribution < -0.4 is 10.2 Å². The minimum atomic E-state index is -0.383. The van der Waals surface area contributed by atoms with Crippen LogP contribution in [0, 0.1) is 5.82 Å². The minimum absolute atomic E-state index is 0.260. The number of benzene rings is 2.